The lowest BCUT2D eigenvalue weighted by molar-refractivity contribution is -0.137. The first kappa shape index (κ1) is 20.6. The molecule has 0 atom stereocenters. The van der Waals surface area contributed by atoms with Crippen molar-refractivity contribution in [3.8, 4) is 23.7 Å². The van der Waals surface area contributed by atoms with Crippen LogP contribution in [0.3, 0.4) is 0 Å². The fourth-order valence-corrected chi connectivity index (χ4v) is 2.18. The summed E-state index contributed by atoms with van der Waals surface area (Å²) in [5.74, 6) is 11.9. The van der Waals surface area contributed by atoms with Gasteiger partial charge in [-0.15, -0.1) is 11.8 Å². The summed E-state index contributed by atoms with van der Waals surface area (Å²) < 4.78 is 0. The van der Waals surface area contributed by atoms with Crippen molar-refractivity contribution in [2.75, 3.05) is 0 Å². The minimum absolute atomic E-state index is 0.311. The van der Waals surface area contributed by atoms with Crippen LogP contribution in [0.15, 0.2) is 0 Å². The molecule has 0 aliphatic carbocycles. The fraction of sp³-hybridized carbons (Fsp3) is 0.750. The minimum Gasteiger partial charge on any atom is -0.481 e. The Balaban J connectivity index is 3.25. The molecular formula is C20H32O2. The normalized spacial score (nSPS) is 9.50. The van der Waals surface area contributed by atoms with Gasteiger partial charge in [-0.1, -0.05) is 63.7 Å². The van der Waals surface area contributed by atoms with Gasteiger partial charge in [-0.25, -0.2) is 0 Å². The molecule has 124 valence electrons. The summed E-state index contributed by atoms with van der Waals surface area (Å²) in [7, 11) is 0. The quantitative estimate of drug-likeness (QED) is 0.378. The van der Waals surface area contributed by atoms with Gasteiger partial charge in [-0.05, 0) is 19.3 Å². The second kappa shape index (κ2) is 17.6. The van der Waals surface area contributed by atoms with E-state index in [0.717, 1.165) is 38.5 Å². The molecule has 0 saturated carbocycles. The van der Waals surface area contributed by atoms with Crippen molar-refractivity contribution in [2.45, 2.75) is 96.8 Å². The molecule has 0 saturated heterocycles. The molecule has 0 amide bonds. The lowest BCUT2D eigenvalue weighted by Crippen LogP contribution is -1.93. The zero-order chi connectivity index (χ0) is 16.3. The van der Waals surface area contributed by atoms with Crippen molar-refractivity contribution in [2.24, 2.45) is 0 Å². The van der Waals surface area contributed by atoms with Gasteiger partial charge in [0.25, 0.3) is 0 Å². The SMILES string of the molecule is CCCCCCC#CCC#CCCCCCCCCC(=O)O. The van der Waals surface area contributed by atoms with Crippen LogP contribution < -0.4 is 0 Å². The molecule has 0 fully saturated rings. The van der Waals surface area contributed by atoms with E-state index in [2.05, 4.69) is 30.6 Å². The monoisotopic (exact) mass is 304 g/mol. The fourth-order valence-electron chi connectivity index (χ4n) is 2.18. The molecule has 0 bridgehead atoms. The molecule has 0 aromatic rings. The van der Waals surface area contributed by atoms with E-state index in [0.29, 0.717) is 12.8 Å². The van der Waals surface area contributed by atoms with Crippen LogP contribution in [0.25, 0.3) is 0 Å². The van der Waals surface area contributed by atoms with Crippen molar-refractivity contribution < 1.29 is 9.90 Å². The Morgan fingerprint density at radius 3 is 1.77 bits per heavy atom. The van der Waals surface area contributed by atoms with Crippen LogP contribution in [-0.4, -0.2) is 11.1 Å². The summed E-state index contributed by atoms with van der Waals surface area (Å²) in [5.41, 5.74) is 0. The Morgan fingerprint density at radius 2 is 1.23 bits per heavy atom. The first-order chi connectivity index (χ1) is 10.8. The van der Waals surface area contributed by atoms with Gasteiger partial charge in [0.2, 0.25) is 0 Å². The second-order valence-corrected chi connectivity index (χ2v) is 5.71. The van der Waals surface area contributed by atoms with Crippen LogP contribution >= 0.6 is 0 Å². The predicted octanol–water partition coefficient (Wildman–Crippen LogP) is 5.56. The Bertz CT molecular complexity index is 376. The van der Waals surface area contributed by atoms with Crippen molar-refractivity contribution in [3.05, 3.63) is 0 Å². The topological polar surface area (TPSA) is 37.3 Å². The number of carboxylic acid groups (broad SMARTS) is 1. The van der Waals surface area contributed by atoms with Crippen molar-refractivity contribution >= 4 is 5.97 Å². The number of carbonyl (C=O) groups is 1. The van der Waals surface area contributed by atoms with E-state index >= 15 is 0 Å². The molecule has 0 aliphatic heterocycles. The number of unbranched alkanes of at least 4 members (excludes halogenated alkanes) is 10. The largest absolute Gasteiger partial charge is 0.481 e. The van der Waals surface area contributed by atoms with E-state index in [1.165, 1.54) is 38.5 Å². The Morgan fingerprint density at radius 1 is 0.727 bits per heavy atom. The Hall–Kier alpha value is -1.41. The third-order valence-corrected chi connectivity index (χ3v) is 3.52. The van der Waals surface area contributed by atoms with Crippen molar-refractivity contribution in [1.82, 2.24) is 0 Å². The van der Waals surface area contributed by atoms with Crippen LogP contribution in [0.4, 0.5) is 0 Å². The molecule has 0 unspecified atom stereocenters. The first-order valence-corrected chi connectivity index (χ1v) is 8.90. The van der Waals surface area contributed by atoms with E-state index in [1.807, 2.05) is 0 Å². The second-order valence-electron chi connectivity index (χ2n) is 5.71. The molecule has 1 N–H and O–H groups in total. The summed E-state index contributed by atoms with van der Waals surface area (Å²) in [5, 5.41) is 8.51. The van der Waals surface area contributed by atoms with Crippen molar-refractivity contribution in [3.63, 3.8) is 0 Å². The summed E-state index contributed by atoms with van der Waals surface area (Å²) in [6, 6.07) is 0. The smallest absolute Gasteiger partial charge is 0.303 e. The third-order valence-electron chi connectivity index (χ3n) is 3.52. The Labute approximate surface area is 137 Å². The van der Waals surface area contributed by atoms with Gasteiger partial charge in [0.05, 0.1) is 6.42 Å². The molecule has 0 aromatic heterocycles. The average Bonchev–Trinajstić information content (AvgIpc) is 2.50. The molecule has 0 rings (SSSR count). The van der Waals surface area contributed by atoms with Gasteiger partial charge >= 0.3 is 5.97 Å². The van der Waals surface area contributed by atoms with Crippen molar-refractivity contribution in [1.29, 1.82) is 0 Å². The Kier molecular flexibility index (Phi) is 16.5. The van der Waals surface area contributed by atoms with Gasteiger partial charge in [0, 0.05) is 19.3 Å². The van der Waals surface area contributed by atoms with E-state index in [4.69, 9.17) is 5.11 Å². The van der Waals surface area contributed by atoms with Gasteiger partial charge in [-0.3, -0.25) is 4.79 Å². The van der Waals surface area contributed by atoms with E-state index < -0.39 is 5.97 Å². The van der Waals surface area contributed by atoms with Gasteiger partial charge < -0.3 is 5.11 Å². The highest BCUT2D eigenvalue weighted by Gasteiger charge is 1.96. The molecule has 0 heterocycles. The molecule has 0 radical (unpaired) electrons. The standard InChI is InChI=1S/C20H32O2/c1-2-3-4-5-6-7-8-9-10-11-12-13-14-15-16-17-18-19-20(21)22/h2-6,9,12-19H2,1H3,(H,21,22). The number of aliphatic carboxylic acids is 1. The van der Waals surface area contributed by atoms with Gasteiger partial charge in [0.1, 0.15) is 0 Å². The molecule has 2 nitrogen and oxygen atoms in total. The maximum Gasteiger partial charge on any atom is 0.303 e. The van der Waals surface area contributed by atoms with E-state index in [-0.39, 0.29) is 0 Å². The predicted molar refractivity (Wildman–Crippen MR) is 93.5 cm³/mol. The number of hydrogen-bond donors (Lipinski definition) is 1. The van der Waals surface area contributed by atoms with Crippen LogP contribution in [0.5, 0.6) is 0 Å². The molecule has 0 aliphatic rings. The molecule has 2 heteroatoms. The van der Waals surface area contributed by atoms with Crippen LogP contribution in [-0.2, 0) is 4.79 Å². The highest BCUT2D eigenvalue weighted by molar-refractivity contribution is 5.66. The third kappa shape index (κ3) is 18.6. The van der Waals surface area contributed by atoms with Crippen LogP contribution in [0.2, 0.25) is 0 Å². The summed E-state index contributed by atoms with van der Waals surface area (Å²) in [6.07, 6.45) is 14.7. The van der Waals surface area contributed by atoms with E-state index in [9.17, 15) is 4.79 Å². The van der Waals surface area contributed by atoms with Crippen LogP contribution in [0, 0.1) is 23.7 Å². The summed E-state index contributed by atoms with van der Waals surface area (Å²) in [6.45, 7) is 2.22. The maximum absolute atomic E-state index is 10.3. The van der Waals surface area contributed by atoms with Crippen LogP contribution in [0.1, 0.15) is 96.8 Å². The number of hydrogen-bond acceptors (Lipinski definition) is 1. The average molecular weight is 304 g/mol. The van der Waals surface area contributed by atoms with Gasteiger partial charge in [-0.2, -0.15) is 0 Å². The lowest BCUT2D eigenvalue weighted by Gasteiger charge is -1.98. The summed E-state index contributed by atoms with van der Waals surface area (Å²) in [4.78, 5) is 10.3. The molecular weight excluding hydrogens is 272 g/mol. The maximum atomic E-state index is 10.3. The molecule has 22 heavy (non-hydrogen) atoms. The minimum atomic E-state index is -0.681. The van der Waals surface area contributed by atoms with E-state index in [1.54, 1.807) is 0 Å². The lowest BCUT2D eigenvalue weighted by atomic mass is 10.1. The molecule has 0 aromatic carbocycles. The molecule has 0 spiro atoms. The number of rotatable bonds is 12. The zero-order valence-corrected chi connectivity index (χ0v) is 14.3. The van der Waals surface area contributed by atoms with Gasteiger partial charge in [0.15, 0.2) is 0 Å². The first-order valence-electron chi connectivity index (χ1n) is 8.90. The zero-order valence-electron chi connectivity index (χ0n) is 14.3. The number of carboxylic acids is 1. The highest BCUT2D eigenvalue weighted by Crippen LogP contribution is 2.08. The summed E-state index contributed by atoms with van der Waals surface area (Å²) >= 11 is 0. The highest BCUT2D eigenvalue weighted by atomic mass is 16.4.